The van der Waals surface area contributed by atoms with Gasteiger partial charge in [-0.25, -0.2) is 4.99 Å². The fourth-order valence-corrected chi connectivity index (χ4v) is 2.24. The molecule has 0 fully saturated rings. The van der Waals surface area contributed by atoms with Gasteiger partial charge in [-0.3, -0.25) is 9.30 Å². The Morgan fingerprint density at radius 3 is 2.73 bits per heavy atom. The van der Waals surface area contributed by atoms with Crippen molar-refractivity contribution in [3.8, 4) is 0 Å². The molecular weight excluding hydrogens is 462 g/mol. The van der Waals surface area contributed by atoms with E-state index in [1.165, 1.54) is 11.9 Å². The normalized spacial score (nSPS) is 12.3. The van der Waals surface area contributed by atoms with Gasteiger partial charge in [0.1, 0.15) is 6.54 Å². The minimum Gasteiger partial charge on any atom is -0.357 e. The predicted octanol–water partition coefficient (Wildman–Crippen LogP) is 1.90. The summed E-state index contributed by atoms with van der Waals surface area (Å²) in [6.07, 6.45) is -2.34. The lowest BCUT2D eigenvalue weighted by Gasteiger charge is -2.19. The highest BCUT2D eigenvalue weighted by molar-refractivity contribution is 14.0. The molecule has 0 aliphatic rings. The van der Waals surface area contributed by atoms with Crippen LogP contribution in [0.1, 0.15) is 12.7 Å². The van der Waals surface area contributed by atoms with Crippen LogP contribution in [0.2, 0.25) is 0 Å². The number of hydrogen-bond acceptors (Lipinski definition) is 4. The van der Waals surface area contributed by atoms with Gasteiger partial charge in [0.25, 0.3) is 0 Å². The summed E-state index contributed by atoms with van der Waals surface area (Å²) in [4.78, 5) is 5.62. The minimum absolute atomic E-state index is 0. The van der Waals surface area contributed by atoms with Crippen molar-refractivity contribution in [3.05, 3.63) is 30.2 Å². The lowest BCUT2D eigenvalue weighted by molar-refractivity contribution is -0.142. The highest BCUT2D eigenvalue weighted by atomic mass is 127. The van der Waals surface area contributed by atoms with E-state index in [9.17, 15) is 13.2 Å². The zero-order valence-electron chi connectivity index (χ0n) is 14.6. The van der Waals surface area contributed by atoms with Crippen LogP contribution in [0.25, 0.3) is 5.65 Å². The van der Waals surface area contributed by atoms with Crippen molar-refractivity contribution in [1.29, 1.82) is 0 Å². The zero-order valence-corrected chi connectivity index (χ0v) is 17.0. The van der Waals surface area contributed by atoms with Crippen molar-refractivity contribution < 1.29 is 13.2 Å². The van der Waals surface area contributed by atoms with Crippen molar-refractivity contribution >= 4 is 35.6 Å². The maximum Gasteiger partial charge on any atom is 0.401 e. The van der Waals surface area contributed by atoms with Crippen LogP contribution in [-0.2, 0) is 6.54 Å². The van der Waals surface area contributed by atoms with Crippen LogP contribution < -0.4 is 10.6 Å². The van der Waals surface area contributed by atoms with Gasteiger partial charge in [-0.15, -0.1) is 34.2 Å². The van der Waals surface area contributed by atoms with Crippen molar-refractivity contribution in [3.63, 3.8) is 0 Å². The first kappa shape index (κ1) is 22.4. The third kappa shape index (κ3) is 7.32. The topological polar surface area (TPSA) is 69.8 Å². The molecule has 0 radical (unpaired) electrons. The number of likely N-dealkylation sites (N-methyl/N-ethyl adjacent to an activating group) is 1. The van der Waals surface area contributed by atoms with Crippen LogP contribution in [0.5, 0.6) is 0 Å². The van der Waals surface area contributed by atoms with E-state index in [0.717, 1.165) is 5.65 Å². The molecule has 11 heteroatoms. The number of nitrogens with one attached hydrogen (secondary N) is 2. The van der Waals surface area contributed by atoms with Crippen LogP contribution >= 0.6 is 24.0 Å². The average Bonchev–Trinajstić information content (AvgIpc) is 2.94. The van der Waals surface area contributed by atoms with Gasteiger partial charge in [-0.05, 0) is 26.1 Å². The molecule has 146 valence electrons. The summed E-state index contributed by atoms with van der Waals surface area (Å²) in [7, 11) is 1.43. The number of nitrogens with zero attached hydrogens (tertiary/aromatic N) is 5. The number of guanidine groups is 1. The fourth-order valence-electron chi connectivity index (χ4n) is 2.24. The van der Waals surface area contributed by atoms with Crippen molar-refractivity contribution in [2.24, 2.45) is 4.99 Å². The average molecular weight is 485 g/mol. The monoisotopic (exact) mass is 485 g/mol. The molecule has 26 heavy (non-hydrogen) atoms. The maximum absolute atomic E-state index is 12.3. The van der Waals surface area contributed by atoms with E-state index in [2.05, 4.69) is 25.8 Å². The lowest BCUT2D eigenvalue weighted by Crippen LogP contribution is -2.42. The van der Waals surface area contributed by atoms with E-state index in [-0.39, 0.29) is 30.5 Å². The van der Waals surface area contributed by atoms with E-state index in [1.54, 1.807) is 0 Å². The molecule has 0 aliphatic carbocycles. The second kappa shape index (κ2) is 10.5. The van der Waals surface area contributed by atoms with Gasteiger partial charge in [-0.2, -0.15) is 13.2 Å². The summed E-state index contributed by atoms with van der Waals surface area (Å²) < 4.78 is 38.8. The first-order valence-electron chi connectivity index (χ1n) is 7.95. The number of fused-ring (bicyclic) bond motifs is 1. The molecule has 0 saturated heterocycles. The maximum atomic E-state index is 12.3. The van der Waals surface area contributed by atoms with Crippen LogP contribution in [0.3, 0.4) is 0 Å². The zero-order chi connectivity index (χ0) is 18.3. The summed E-state index contributed by atoms with van der Waals surface area (Å²) in [5.74, 6) is 1.21. The molecule has 0 unspecified atom stereocenters. The van der Waals surface area contributed by atoms with E-state index < -0.39 is 12.7 Å². The SMILES string of the molecule is CCNC(=NCc1nnc2ccccn12)NCCN(C)CC(F)(F)F.I. The highest BCUT2D eigenvalue weighted by Gasteiger charge is 2.28. The largest absolute Gasteiger partial charge is 0.401 e. The number of pyridine rings is 1. The van der Waals surface area contributed by atoms with E-state index >= 15 is 0 Å². The van der Waals surface area contributed by atoms with Crippen LogP contribution in [0, 0.1) is 0 Å². The molecule has 0 aromatic carbocycles. The number of aromatic nitrogens is 3. The quantitative estimate of drug-likeness (QED) is 0.356. The Labute approximate surface area is 167 Å². The number of hydrogen-bond donors (Lipinski definition) is 2. The Kier molecular flexibility index (Phi) is 9.05. The molecule has 0 spiro atoms. The second-order valence-electron chi connectivity index (χ2n) is 5.52. The van der Waals surface area contributed by atoms with Gasteiger partial charge in [0.05, 0.1) is 6.54 Å². The molecule has 7 nitrogen and oxygen atoms in total. The van der Waals surface area contributed by atoms with Gasteiger partial charge < -0.3 is 10.6 Å². The molecule has 0 saturated carbocycles. The van der Waals surface area contributed by atoms with Gasteiger partial charge in [0.2, 0.25) is 0 Å². The third-order valence-electron chi connectivity index (χ3n) is 3.34. The van der Waals surface area contributed by atoms with Crippen molar-refractivity contribution in [1.82, 2.24) is 30.1 Å². The molecule has 2 aromatic rings. The number of aliphatic imine (C=N–C) groups is 1. The Morgan fingerprint density at radius 1 is 1.27 bits per heavy atom. The summed E-state index contributed by atoms with van der Waals surface area (Å²) >= 11 is 0. The molecule has 0 atom stereocenters. The van der Waals surface area contributed by atoms with Gasteiger partial charge in [0, 0.05) is 25.8 Å². The van der Waals surface area contributed by atoms with E-state index in [1.807, 2.05) is 35.7 Å². The molecular formula is C15H23F3IN7. The van der Waals surface area contributed by atoms with Gasteiger partial charge in [-0.1, -0.05) is 6.07 Å². The fraction of sp³-hybridized carbons (Fsp3) is 0.533. The summed E-state index contributed by atoms with van der Waals surface area (Å²) in [6, 6.07) is 5.60. The second-order valence-corrected chi connectivity index (χ2v) is 5.52. The van der Waals surface area contributed by atoms with Crippen molar-refractivity contribution in [2.45, 2.75) is 19.6 Å². The Hall–Kier alpha value is -1.63. The third-order valence-corrected chi connectivity index (χ3v) is 3.34. The summed E-state index contributed by atoms with van der Waals surface area (Å²) in [6.45, 7) is 2.52. The highest BCUT2D eigenvalue weighted by Crippen LogP contribution is 2.14. The van der Waals surface area contributed by atoms with E-state index in [0.29, 0.717) is 31.4 Å². The number of halogens is 4. The van der Waals surface area contributed by atoms with Crippen LogP contribution in [0.15, 0.2) is 29.4 Å². The minimum atomic E-state index is -4.19. The first-order valence-corrected chi connectivity index (χ1v) is 7.95. The molecule has 2 rings (SSSR count). The first-order chi connectivity index (χ1) is 11.9. The molecule has 2 heterocycles. The van der Waals surface area contributed by atoms with E-state index in [4.69, 9.17) is 0 Å². The lowest BCUT2D eigenvalue weighted by atomic mass is 10.4. The van der Waals surface area contributed by atoms with Crippen LogP contribution in [0.4, 0.5) is 13.2 Å². The Bertz CT molecular complexity index is 702. The molecule has 2 aromatic heterocycles. The Balaban J connectivity index is 0.00000338. The predicted molar refractivity (Wildman–Crippen MR) is 105 cm³/mol. The molecule has 2 N–H and O–H groups in total. The summed E-state index contributed by atoms with van der Waals surface area (Å²) in [5.41, 5.74) is 0.736. The summed E-state index contributed by atoms with van der Waals surface area (Å²) in [5, 5.41) is 14.2. The Morgan fingerprint density at radius 2 is 2.04 bits per heavy atom. The van der Waals surface area contributed by atoms with Gasteiger partial charge in [0.15, 0.2) is 17.4 Å². The molecule has 0 amide bonds. The van der Waals surface area contributed by atoms with Gasteiger partial charge >= 0.3 is 6.18 Å². The van der Waals surface area contributed by atoms with Crippen LogP contribution in [-0.4, -0.2) is 64.9 Å². The molecule has 0 aliphatic heterocycles. The standard InChI is InChI=1S/C15H22F3N7.HI/c1-3-19-14(20-7-9-24(2)11-15(16,17)18)21-10-13-23-22-12-6-4-5-8-25(12)13;/h4-6,8H,3,7,9-11H2,1-2H3,(H2,19,20,21);1H. The number of rotatable bonds is 7. The number of alkyl halides is 3. The smallest absolute Gasteiger partial charge is 0.357 e. The molecule has 0 bridgehead atoms. The van der Waals surface area contributed by atoms with Crippen molar-refractivity contribution in [2.75, 3.05) is 33.2 Å².